The molecule has 3 heterocycles. The third-order valence-electron chi connectivity index (χ3n) is 3.59. The fourth-order valence-corrected chi connectivity index (χ4v) is 3.33. The first kappa shape index (κ1) is 14.9. The summed E-state index contributed by atoms with van der Waals surface area (Å²) in [6, 6.07) is 0. The highest BCUT2D eigenvalue weighted by molar-refractivity contribution is 14.1. The minimum Gasteiger partial charge on any atom is -0.394 e. The standard InChI is InChI=1S/C12H15IN4O4/c1-14-10-7-5(13)2-17(11(7)16-4-15-10)12-9(20)8(19)6(3-18)21-12/h2,4,6,8-9,12,18-20H,3H2,1H3,(H,14,15,16)/t6-,8-,9-,12-/m1/s1. The van der Waals surface area contributed by atoms with Gasteiger partial charge in [-0.05, 0) is 22.6 Å². The van der Waals surface area contributed by atoms with Gasteiger partial charge in [-0.15, -0.1) is 0 Å². The molecule has 0 spiro atoms. The van der Waals surface area contributed by atoms with Gasteiger partial charge < -0.3 is 29.9 Å². The second-order valence-electron chi connectivity index (χ2n) is 4.78. The third-order valence-corrected chi connectivity index (χ3v) is 4.41. The van der Waals surface area contributed by atoms with E-state index in [9.17, 15) is 15.3 Å². The van der Waals surface area contributed by atoms with Crippen molar-refractivity contribution in [2.75, 3.05) is 19.0 Å². The molecule has 4 N–H and O–H groups in total. The van der Waals surface area contributed by atoms with Crippen LogP contribution in [0.15, 0.2) is 12.5 Å². The van der Waals surface area contributed by atoms with Crippen LogP contribution in [0.1, 0.15) is 6.23 Å². The van der Waals surface area contributed by atoms with Crippen molar-refractivity contribution < 1.29 is 20.1 Å². The van der Waals surface area contributed by atoms with E-state index in [1.54, 1.807) is 17.8 Å². The Morgan fingerprint density at radius 1 is 1.38 bits per heavy atom. The van der Waals surface area contributed by atoms with Gasteiger partial charge in [0.15, 0.2) is 6.23 Å². The highest BCUT2D eigenvalue weighted by atomic mass is 127. The number of ether oxygens (including phenoxy) is 1. The molecule has 0 radical (unpaired) electrons. The van der Waals surface area contributed by atoms with E-state index in [-0.39, 0.29) is 6.61 Å². The molecule has 9 heteroatoms. The summed E-state index contributed by atoms with van der Waals surface area (Å²) in [5.41, 5.74) is 0.591. The zero-order valence-electron chi connectivity index (χ0n) is 11.1. The lowest BCUT2D eigenvalue weighted by Gasteiger charge is -2.17. The van der Waals surface area contributed by atoms with Gasteiger partial charge in [-0.3, -0.25) is 0 Å². The van der Waals surface area contributed by atoms with E-state index in [2.05, 4.69) is 37.9 Å². The Morgan fingerprint density at radius 3 is 2.76 bits per heavy atom. The van der Waals surface area contributed by atoms with Gasteiger partial charge in [0.1, 0.15) is 36.1 Å². The van der Waals surface area contributed by atoms with Crippen LogP contribution in [0.4, 0.5) is 5.82 Å². The molecule has 3 rings (SSSR count). The maximum atomic E-state index is 10.1. The summed E-state index contributed by atoms with van der Waals surface area (Å²) in [5.74, 6) is 0.676. The van der Waals surface area contributed by atoms with Crippen LogP contribution in [0.2, 0.25) is 0 Å². The summed E-state index contributed by atoms with van der Waals surface area (Å²) in [4.78, 5) is 8.40. The normalized spacial score (nSPS) is 29.2. The van der Waals surface area contributed by atoms with Crippen molar-refractivity contribution in [2.24, 2.45) is 0 Å². The Balaban J connectivity index is 2.10. The predicted octanol–water partition coefficient (Wildman–Crippen LogP) is -0.311. The molecule has 2 aromatic heterocycles. The van der Waals surface area contributed by atoms with Gasteiger partial charge in [0, 0.05) is 16.8 Å². The number of aliphatic hydroxyl groups is 3. The summed E-state index contributed by atoms with van der Waals surface area (Å²) in [7, 11) is 1.77. The molecule has 114 valence electrons. The Bertz CT molecular complexity index is 664. The first-order valence-corrected chi connectivity index (χ1v) is 7.47. The first-order chi connectivity index (χ1) is 10.1. The highest BCUT2D eigenvalue weighted by Crippen LogP contribution is 2.35. The van der Waals surface area contributed by atoms with E-state index in [1.165, 1.54) is 6.33 Å². The zero-order chi connectivity index (χ0) is 15.1. The largest absolute Gasteiger partial charge is 0.394 e. The second kappa shape index (κ2) is 5.65. The first-order valence-electron chi connectivity index (χ1n) is 6.39. The molecule has 0 unspecified atom stereocenters. The van der Waals surface area contributed by atoms with Crippen LogP contribution in [0.25, 0.3) is 11.0 Å². The minimum atomic E-state index is -1.14. The van der Waals surface area contributed by atoms with Crippen LogP contribution in [0.3, 0.4) is 0 Å². The summed E-state index contributed by atoms with van der Waals surface area (Å²) in [6.45, 7) is -0.359. The van der Waals surface area contributed by atoms with Crippen molar-refractivity contribution in [3.05, 3.63) is 16.1 Å². The molecule has 0 aromatic carbocycles. The predicted molar refractivity (Wildman–Crippen MR) is 82.8 cm³/mol. The summed E-state index contributed by atoms with van der Waals surface area (Å²) < 4.78 is 8.09. The summed E-state index contributed by atoms with van der Waals surface area (Å²) >= 11 is 2.15. The highest BCUT2D eigenvalue weighted by Gasteiger charge is 2.44. The lowest BCUT2D eigenvalue weighted by atomic mass is 10.1. The molecule has 1 saturated heterocycles. The average molecular weight is 406 g/mol. The van der Waals surface area contributed by atoms with Crippen LogP contribution in [-0.4, -0.2) is 61.8 Å². The second-order valence-corrected chi connectivity index (χ2v) is 5.95. The molecule has 0 amide bonds. The Kier molecular flexibility index (Phi) is 4.01. The fraction of sp³-hybridized carbons (Fsp3) is 0.500. The molecule has 1 fully saturated rings. The van der Waals surface area contributed by atoms with E-state index in [0.29, 0.717) is 11.5 Å². The number of fused-ring (bicyclic) bond motifs is 1. The molecule has 1 aliphatic rings. The molecule has 2 aromatic rings. The number of rotatable bonds is 3. The number of aromatic nitrogens is 3. The van der Waals surface area contributed by atoms with Crippen LogP contribution < -0.4 is 5.32 Å². The monoisotopic (exact) mass is 406 g/mol. The van der Waals surface area contributed by atoms with Crippen LogP contribution in [-0.2, 0) is 4.74 Å². The van der Waals surface area contributed by atoms with Gasteiger partial charge in [-0.2, -0.15) is 0 Å². The Hall–Kier alpha value is -1.01. The van der Waals surface area contributed by atoms with Crippen molar-refractivity contribution in [1.82, 2.24) is 14.5 Å². The summed E-state index contributed by atoms with van der Waals surface area (Å²) in [6.07, 6.45) is -0.695. The number of nitrogens with zero attached hydrogens (tertiary/aromatic N) is 3. The lowest BCUT2D eigenvalue weighted by molar-refractivity contribution is -0.0509. The van der Waals surface area contributed by atoms with E-state index < -0.39 is 24.5 Å². The van der Waals surface area contributed by atoms with Gasteiger partial charge in [0.25, 0.3) is 0 Å². The SMILES string of the molecule is CNc1ncnc2c1c(I)cn2[C@@H]1O[C@H](CO)[C@@H](O)[C@H]1O. The summed E-state index contributed by atoms with van der Waals surface area (Å²) in [5, 5.41) is 33.0. The van der Waals surface area contributed by atoms with E-state index in [1.807, 2.05) is 0 Å². The van der Waals surface area contributed by atoms with E-state index in [4.69, 9.17) is 4.74 Å². The average Bonchev–Trinajstić information content (AvgIpc) is 2.98. The van der Waals surface area contributed by atoms with E-state index in [0.717, 1.165) is 8.96 Å². The van der Waals surface area contributed by atoms with Gasteiger partial charge in [-0.25, -0.2) is 9.97 Å². The van der Waals surface area contributed by atoms with Gasteiger partial charge in [0.2, 0.25) is 0 Å². The lowest BCUT2D eigenvalue weighted by Crippen LogP contribution is -2.33. The van der Waals surface area contributed by atoms with Gasteiger partial charge in [-0.1, -0.05) is 0 Å². The molecule has 0 saturated carbocycles. The number of aliphatic hydroxyl groups excluding tert-OH is 3. The van der Waals surface area contributed by atoms with Crippen LogP contribution in [0, 0.1) is 3.57 Å². The number of anilines is 1. The van der Waals surface area contributed by atoms with Crippen molar-refractivity contribution in [1.29, 1.82) is 0 Å². The van der Waals surface area contributed by atoms with Crippen LogP contribution in [0.5, 0.6) is 0 Å². The van der Waals surface area contributed by atoms with Crippen LogP contribution >= 0.6 is 22.6 Å². The zero-order valence-corrected chi connectivity index (χ0v) is 13.3. The van der Waals surface area contributed by atoms with Crippen molar-refractivity contribution in [2.45, 2.75) is 24.5 Å². The quantitative estimate of drug-likeness (QED) is 0.518. The maximum Gasteiger partial charge on any atom is 0.164 e. The fourth-order valence-electron chi connectivity index (χ4n) is 2.53. The van der Waals surface area contributed by atoms with Gasteiger partial charge in [0.05, 0.1) is 12.0 Å². The molecule has 8 nitrogen and oxygen atoms in total. The molecular weight excluding hydrogens is 391 g/mol. The molecule has 0 aliphatic carbocycles. The van der Waals surface area contributed by atoms with Crippen molar-refractivity contribution in [3.8, 4) is 0 Å². The molecule has 4 atom stereocenters. The van der Waals surface area contributed by atoms with E-state index >= 15 is 0 Å². The van der Waals surface area contributed by atoms with Crippen molar-refractivity contribution in [3.63, 3.8) is 0 Å². The number of nitrogens with one attached hydrogen (secondary N) is 1. The Morgan fingerprint density at radius 2 is 2.14 bits per heavy atom. The molecule has 21 heavy (non-hydrogen) atoms. The minimum absolute atomic E-state index is 0.359. The molecular formula is C12H15IN4O4. The maximum absolute atomic E-state index is 10.1. The third kappa shape index (κ3) is 2.28. The number of hydrogen-bond donors (Lipinski definition) is 4. The van der Waals surface area contributed by atoms with Gasteiger partial charge >= 0.3 is 0 Å². The Labute approximate surface area is 133 Å². The molecule has 1 aliphatic heterocycles. The molecule has 0 bridgehead atoms. The number of hydrogen-bond acceptors (Lipinski definition) is 7. The topological polar surface area (TPSA) is 113 Å². The van der Waals surface area contributed by atoms with Crippen molar-refractivity contribution >= 4 is 39.4 Å². The number of halogens is 1. The smallest absolute Gasteiger partial charge is 0.164 e.